The topological polar surface area (TPSA) is 52.7 Å². The van der Waals surface area contributed by atoms with Crippen LogP contribution in [0.2, 0.25) is 0 Å². The van der Waals surface area contributed by atoms with Gasteiger partial charge in [-0.2, -0.15) is 0 Å². The Hall–Kier alpha value is -2.60. The molecule has 1 aliphatic heterocycles. The number of hydrogen-bond donors (Lipinski definition) is 1. The Morgan fingerprint density at radius 2 is 2.11 bits per heavy atom. The van der Waals surface area contributed by atoms with E-state index in [0.29, 0.717) is 19.6 Å². The number of hydrogen-bond acceptors (Lipinski definition) is 3. The van der Waals surface area contributed by atoms with Crippen LogP contribution in [0.1, 0.15) is 29.0 Å². The van der Waals surface area contributed by atoms with Gasteiger partial charge in [-0.1, -0.05) is 36.4 Å². The van der Waals surface area contributed by atoms with Crippen molar-refractivity contribution in [3.8, 4) is 0 Å². The Bertz CT molecular complexity index is 803. The van der Waals surface area contributed by atoms with Crippen molar-refractivity contribution in [1.29, 1.82) is 0 Å². The van der Waals surface area contributed by atoms with Crippen LogP contribution in [0.4, 0.5) is 4.79 Å². The molecule has 1 N–H and O–H groups in total. The fraction of sp³-hybridized carbons (Fsp3) is 0.333. The second kappa shape index (κ2) is 8.86. The Labute approximate surface area is 164 Å². The van der Waals surface area contributed by atoms with E-state index in [2.05, 4.69) is 35.5 Å². The van der Waals surface area contributed by atoms with E-state index in [1.54, 1.807) is 17.4 Å². The van der Waals surface area contributed by atoms with Crippen LogP contribution in [0, 0.1) is 0 Å². The highest BCUT2D eigenvalue weighted by Crippen LogP contribution is 2.37. The summed E-state index contributed by atoms with van der Waals surface area (Å²) in [5.74, 6) is -0.0474. The fourth-order valence-corrected chi connectivity index (χ4v) is 4.38. The van der Waals surface area contributed by atoms with Crippen molar-refractivity contribution in [3.63, 3.8) is 0 Å². The molecule has 2 aromatic rings. The molecule has 1 atom stereocenters. The van der Waals surface area contributed by atoms with Crippen molar-refractivity contribution in [2.24, 2.45) is 0 Å². The second-order valence-corrected chi connectivity index (χ2v) is 7.45. The van der Waals surface area contributed by atoms with Crippen LogP contribution in [-0.4, -0.2) is 47.9 Å². The molecule has 0 fully saturated rings. The molecule has 0 spiro atoms. The smallest absolute Gasteiger partial charge is 0.318 e. The monoisotopic (exact) mass is 383 g/mol. The van der Waals surface area contributed by atoms with Gasteiger partial charge in [0, 0.05) is 24.5 Å². The van der Waals surface area contributed by atoms with Crippen molar-refractivity contribution < 1.29 is 9.59 Å². The lowest BCUT2D eigenvalue weighted by molar-refractivity contribution is -0.133. The predicted molar refractivity (Wildman–Crippen MR) is 109 cm³/mol. The molecule has 0 radical (unpaired) electrons. The number of fused-ring (bicyclic) bond motifs is 1. The maximum atomic E-state index is 13.2. The van der Waals surface area contributed by atoms with E-state index >= 15 is 0 Å². The van der Waals surface area contributed by atoms with Gasteiger partial charge in [-0.05, 0) is 35.9 Å². The van der Waals surface area contributed by atoms with Gasteiger partial charge in [-0.25, -0.2) is 4.79 Å². The number of carbonyl (C=O) groups excluding carboxylic acids is 2. The normalized spacial score (nSPS) is 15.7. The van der Waals surface area contributed by atoms with Crippen molar-refractivity contribution in [2.45, 2.75) is 19.4 Å². The quantitative estimate of drug-likeness (QED) is 0.777. The third-order valence-electron chi connectivity index (χ3n) is 4.69. The van der Waals surface area contributed by atoms with Crippen LogP contribution < -0.4 is 5.32 Å². The molecule has 3 amide bonds. The van der Waals surface area contributed by atoms with Crippen molar-refractivity contribution >= 4 is 23.3 Å². The molecule has 1 aromatic carbocycles. The van der Waals surface area contributed by atoms with Crippen LogP contribution in [-0.2, 0) is 11.2 Å². The summed E-state index contributed by atoms with van der Waals surface area (Å²) < 4.78 is 0. The summed E-state index contributed by atoms with van der Waals surface area (Å²) in [6.07, 6.45) is 2.50. The Balaban J connectivity index is 1.86. The Kier molecular flexibility index (Phi) is 6.29. The third-order valence-corrected chi connectivity index (χ3v) is 5.69. The van der Waals surface area contributed by atoms with E-state index in [-0.39, 0.29) is 24.5 Å². The highest BCUT2D eigenvalue weighted by Gasteiger charge is 2.33. The molecule has 6 heteroatoms. The second-order valence-electron chi connectivity index (χ2n) is 6.45. The van der Waals surface area contributed by atoms with Gasteiger partial charge in [0.2, 0.25) is 5.91 Å². The zero-order chi connectivity index (χ0) is 19.2. The molecular formula is C21H25N3O2S. The van der Waals surface area contributed by atoms with Crippen LogP contribution in [0.15, 0.2) is 54.4 Å². The van der Waals surface area contributed by atoms with Gasteiger partial charge in [0.05, 0.1) is 6.04 Å². The SMILES string of the molecule is C=CCN(CC(=O)N1CCc2sccc2[C@H]1c1ccccc1)C(=O)NCC. The van der Waals surface area contributed by atoms with Crippen LogP contribution in [0.25, 0.3) is 0 Å². The van der Waals surface area contributed by atoms with Crippen LogP contribution in [0.3, 0.4) is 0 Å². The molecule has 0 bridgehead atoms. The van der Waals surface area contributed by atoms with Gasteiger partial charge in [-0.3, -0.25) is 4.79 Å². The Morgan fingerprint density at radius 3 is 2.81 bits per heavy atom. The van der Waals surface area contributed by atoms with E-state index in [0.717, 1.165) is 12.0 Å². The number of benzene rings is 1. The number of carbonyl (C=O) groups is 2. The number of amides is 3. The molecule has 0 saturated carbocycles. The first kappa shape index (κ1) is 19.2. The standard InChI is InChI=1S/C21H25N3O2S/c1-3-12-23(21(26)22-4-2)15-19(25)24-13-10-18-17(11-14-27-18)20(24)16-8-6-5-7-9-16/h3,5-9,11,14,20H,1,4,10,12-13,15H2,2H3,(H,22,26)/t20-/m1/s1. The van der Waals surface area contributed by atoms with Crippen LogP contribution in [0.5, 0.6) is 0 Å². The highest BCUT2D eigenvalue weighted by molar-refractivity contribution is 7.10. The largest absolute Gasteiger partial charge is 0.338 e. The lowest BCUT2D eigenvalue weighted by Crippen LogP contribution is -2.49. The minimum Gasteiger partial charge on any atom is -0.338 e. The zero-order valence-electron chi connectivity index (χ0n) is 15.6. The molecule has 3 rings (SSSR count). The van der Waals surface area contributed by atoms with Crippen molar-refractivity contribution in [2.75, 3.05) is 26.2 Å². The van der Waals surface area contributed by atoms with Gasteiger partial charge in [-0.15, -0.1) is 17.9 Å². The lowest BCUT2D eigenvalue weighted by atomic mass is 9.93. The molecule has 5 nitrogen and oxygen atoms in total. The molecule has 0 aliphatic carbocycles. The number of thiophene rings is 1. The minimum absolute atomic E-state index is 0.0423. The van der Waals surface area contributed by atoms with Crippen molar-refractivity contribution in [1.82, 2.24) is 15.1 Å². The number of nitrogens with one attached hydrogen (secondary N) is 1. The summed E-state index contributed by atoms with van der Waals surface area (Å²) in [6, 6.07) is 11.9. The zero-order valence-corrected chi connectivity index (χ0v) is 16.4. The average molecular weight is 384 g/mol. The maximum absolute atomic E-state index is 13.2. The number of rotatable bonds is 6. The molecule has 142 valence electrons. The first-order chi connectivity index (χ1) is 13.2. The predicted octanol–water partition coefficient (Wildman–Crippen LogP) is 3.44. The summed E-state index contributed by atoms with van der Waals surface area (Å²) in [6.45, 7) is 7.12. The molecule has 1 aliphatic rings. The van der Waals surface area contributed by atoms with Gasteiger partial charge < -0.3 is 15.1 Å². The fourth-order valence-electron chi connectivity index (χ4n) is 3.47. The number of urea groups is 1. The molecule has 1 aromatic heterocycles. The summed E-state index contributed by atoms with van der Waals surface area (Å²) in [7, 11) is 0. The minimum atomic E-state index is -0.241. The molecule has 0 saturated heterocycles. The van der Waals surface area contributed by atoms with Gasteiger partial charge >= 0.3 is 6.03 Å². The van der Waals surface area contributed by atoms with Gasteiger partial charge in [0.25, 0.3) is 0 Å². The summed E-state index contributed by atoms with van der Waals surface area (Å²) >= 11 is 1.75. The molecule has 27 heavy (non-hydrogen) atoms. The molecular weight excluding hydrogens is 358 g/mol. The highest BCUT2D eigenvalue weighted by atomic mass is 32.1. The maximum Gasteiger partial charge on any atom is 0.318 e. The van der Waals surface area contributed by atoms with Gasteiger partial charge in [0.15, 0.2) is 0 Å². The summed E-state index contributed by atoms with van der Waals surface area (Å²) in [5.41, 5.74) is 2.29. The van der Waals surface area contributed by atoms with E-state index < -0.39 is 0 Å². The van der Waals surface area contributed by atoms with E-state index in [4.69, 9.17) is 0 Å². The third kappa shape index (κ3) is 4.22. The summed E-state index contributed by atoms with van der Waals surface area (Å²) in [4.78, 5) is 30.2. The summed E-state index contributed by atoms with van der Waals surface area (Å²) in [5, 5.41) is 4.85. The Morgan fingerprint density at radius 1 is 1.33 bits per heavy atom. The lowest BCUT2D eigenvalue weighted by Gasteiger charge is -2.37. The van der Waals surface area contributed by atoms with E-state index in [1.165, 1.54) is 15.3 Å². The molecule has 0 unspecified atom stereocenters. The average Bonchev–Trinajstić information content (AvgIpc) is 3.16. The van der Waals surface area contributed by atoms with Crippen LogP contribution >= 0.6 is 11.3 Å². The molecule has 2 heterocycles. The first-order valence-corrected chi connectivity index (χ1v) is 10.1. The van der Waals surface area contributed by atoms with Crippen molar-refractivity contribution in [3.05, 3.63) is 70.4 Å². The van der Waals surface area contributed by atoms with E-state index in [9.17, 15) is 9.59 Å². The number of nitrogens with zero attached hydrogens (tertiary/aromatic N) is 2. The van der Waals surface area contributed by atoms with Gasteiger partial charge in [0.1, 0.15) is 6.54 Å². The van der Waals surface area contributed by atoms with E-state index in [1.807, 2.05) is 30.0 Å². The first-order valence-electron chi connectivity index (χ1n) is 9.20.